The Bertz CT molecular complexity index is 546. The zero-order valence-corrected chi connectivity index (χ0v) is 10.1. The molecule has 2 rings (SSSR count). The van der Waals surface area contributed by atoms with Crippen molar-refractivity contribution in [3.8, 4) is 0 Å². The molecule has 2 heterocycles. The van der Waals surface area contributed by atoms with Crippen LogP contribution in [0.5, 0.6) is 0 Å². The lowest BCUT2D eigenvalue weighted by atomic mass is 10.3. The van der Waals surface area contributed by atoms with Gasteiger partial charge in [-0.2, -0.15) is 4.98 Å². The van der Waals surface area contributed by atoms with Crippen molar-refractivity contribution in [1.82, 2.24) is 14.6 Å². The topological polar surface area (TPSA) is 71.3 Å². The SMILES string of the molecule is CC(=O)Nc1nc2cc(NC(C)C)ccn2n1. The van der Waals surface area contributed by atoms with E-state index in [1.807, 2.05) is 12.1 Å². The molecule has 6 heteroatoms. The highest BCUT2D eigenvalue weighted by Crippen LogP contribution is 2.13. The number of aromatic nitrogens is 3. The second kappa shape index (κ2) is 4.40. The summed E-state index contributed by atoms with van der Waals surface area (Å²) in [6, 6.07) is 4.16. The lowest BCUT2D eigenvalue weighted by molar-refractivity contribution is -0.114. The van der Waals surface area contributed by atoms with Crippen LogP contribution < -0.4 is 10.6 Å². The quantitative estimate of drug-likeness (QED) is 0.843. The van der Waals surface area contributed by atoms with Gasteiger partial charge in [-0.25, -0.2) is 4.52 Å². The maximum Gasteiger partial charge on any atom is 0.249 e. The molecule has 0 aliphatic rings. The normalized spacial score (nSPS) is 10.8. The Morgan fingerprint density at radius 2 is 2.24 bits per heavy atom. The summed E-state index contributed by atoms with van der Waals surface area (Å²) in [6.07, 6.45) is 1.80. The Labute approximate surface area is 99.0 Å². The highest BCUT2D eigenvalue weighted by molar-refractivity contribution is 5.86. The van der Waals surface area contributed by atoms with E-state index in [9.17, 15) is 4.79 Å². The molecule has 17 heavy (non-hydrogen) atoms. The van der Waals surface area contributed by atoms with E-state index in [-0.39, 0.29) is 5.91 Å². The first kappa shape index (κ1) is 11.4. The van der Waals surface area contributed by atoms with E-state index >= 15 is 0 Å². The molecule has 2 aromatic rings. The third-order valence-electron chi connectivity index (χ3n) is 2.08. The molecule has 0 bridgehead atoms. The van der Waals surface area contributed by atoms with E-state index in [1.54, 1.807) is 10.7 Å². The number of pyridine rings is 1. The summed E-state index contributed by atoms with van der Waals surface area (Å²) >= 11 is 0. The van der Waals surface area contributed by atoms with Gasteiger partial charge in [-0.3, -0.25) is 10.1 Å². The minimum absolute atomic E-state index is 0.179. The highest BCUT2D eigenvalue weighted by Gasteiger charge is 2.05. The summed E-state index contributed by atoms with van der Waals surface area (Å²) in [5, 5.41) is 9.95. The van der Waals surface area contributed by atoms with E-state index in [1.165, 1.54) is 6.92 Å². The van der Waals surface area contributed by atoms with Crippen LogP contribution in [-0.4, -0.2) is 26.5 Å². The molecule has 0 aliphatic carbocycles. The van der Waals surface area contributed by atoms with E-state index in [2.05, 4.69) is 34.6 Å². The summed E-state index contributed by atoms with van der Waals surface area (Å²) in [5.74, 6) is 0.139. The molecule has 90 valence electrons. The molecule has 0 aliphatic heterocycles. The van der Waals surface area contributed by atoms with Gasteiger partial charge in [-0.05, 0) is 19.9 Å². The van der Waals surface area contributed by atoms with Gasteiger partial charge >= 0.3 is 0 Å². The van der Waals surface area contributed by atoms with Crippen LogP contribution in [0.15, 0.2) is 18.3 Å². The van der Waals surface area contributed by atoms with Gasteiger partial charge in [0.25, 0.3) is 0 Å². The molecule has 0 aromatic carbocycles. The molecule has 0 fully saturated rings. The molecule has 0 unspecified atom stereocenters. The Morgan fingerprint density at radius 3 is 2.88 bits per heavy atom. The molecular weight excluding hydrogens is 218 g/mol. The zero-order chi connectivity index (χ0) is 12.4. The van der Waals surface area contributed by atoms with Crippen LogP contribution in [0.3, 0.4) is 0 Å². The number of nitrogens with one attached hydrogen (secondary N) is 2. The number of anilines is 2. The maximum absolute atomic E-state index is 10.9. The number of carbonyl (C=O) groups excluding carboxylic acids is 1. The molecular formula is C11H15N5O. The molecule has 0 atom stereocenters. The van der Waals surface area contributed by atoms with Crippen LogP contribution in [0.4, 0.5) is 11.6 Å². The third kappa shape index (κ3) is 2.72. The monoisotopic (exact) mass is 233 g/mol. The summed E-state index contributed by atoms with van der Waals surface area (Å²) in [6.45, 7) is 5.56. The second-order valence-electron chi connectivity index (χ2n) is 4.13. The van der Waals surface area contributed by atoms with Crippen molar-refractivity contribution >= 4 is 23.2 Å². The van der Waals surface area contributed by atoms with Crippen molar-refractivity contribution in [1.29, 1.82) is 0 Å². The van der Waals surface area contributed by atoms with Crippen LogP contribution in [0, 0.1) is 0 Å². The fraction of sp³-hybridized carbons (Fsp3) is 0.364. The number of hydrogen-bond acceptors (Lipinski definition) is 4. The first-order chi connectivity index (χ1) is 8.04. The second-order valence-corrected chi connectivity index (χ2v) is 4.13. The first-order valence-corrected chi connectivity index (χ1v) is 5.45. The molecule has 0 saturated carbocycles. The minimum atomic E-state index is -0.179. The predicted molar refractivity (Wildman–Crippen MR) is 66.0 cm³/mol. The van der Waals surface area contributed by atoms with Gasteiger partial charge in [0.2, 0.25) is 11.9 Å². The van der Waals surface area contributed by atoms with Crippen LogP contribution in [-0.2, 0) is 4.79 Å². The summed E-state index contributed by atoms with van der Waals surface area (Å²) in [4.78, 5) is 15.1. The fourth-order valence-corrected chi connectivity index (χ4v) is 1.52. The number of nitrogens with zero attached hydrogens (tertiary/aromatic N) is 3. The van der Waals surface area contributed by atoms with Gasteiger partial charge < -0.3 is 5.32 Å². The standard InChI is InChI=1S/C11H15N5O/c1-7(2)12-9-4-5-16-10(6-9)14-11(15-16)13-8(3)17/h4-7,12H,1-3H3,(H,13,15,17). The predicted octanol–water partition coefficient (Wildman–Crippen LogP) is 1.51. The van der Waals surface area contributed by atoms with Crippen molar-refractivity contribution in [2.45, 2.75) is 26.8 Å². The van der Waals surface area contributed by atoms with Crippen LogP contribution >= 0.6 is 0 Å². The van der Waals surface area contributed by atoms with Crippen molar-refractivity contribution < 1.29 is 4.79 Å². The number of hydrogen-bond donors (Lipinski definition) is 2. The molecule has 2 N–H and O–H groups in total. The largest absolute Gasteiger partial charge is 0.383 e. The van der Waals surface area contributed by atoms with Crippen LogP contribution in [0.1, 0.15) is 20.8 Å². The molecule has 2 aromatic heterocycles. The van der Waals surface area contributed by atoms with Crippen LogP contribution in [0.2, 0.25) is 0 Å². The number of rotatable bonds is 3. The Kier molecular flexibility index (Phi) is 2.95. The highest BCUT2D eigenvalue weighted by atomic mass is 16.1. The molecule has 1 amide bonds. The maximum atomic E-state index is 10.9. The number of carbonyl (C=O) groups is 1. The van der Waals surface area contributed by atoms with Crippen molar-refractivity contribution in [2.75, 3.05) is 10.6 Å². The Hall–Kier alpha value is -2.11. The van der Waals surface area contributed by atoms with Crippen LogP contribution in [0.25, 0.3) is 5.65 Å². The van der Waals surface area contributed by atoms with Gasteiger partial charge in [0.05, 0.1) is 0 Å². The van der Waals surface area contributed by atoms with E-state index in [0.717, 1.165) is 5.69 Å². The van der Waals surface area contributed by atoms with E-state index in [0.29, 0.717) is 17.6 Å². The van der Waals surface area contributed by atoms with Gasteiger partial charge in [0.1, 0.15) is 0 Å². The third-order valence-corrected chi connectivity index (χ3v) is 2.08. The van der Waals surface area contributed by atoms with E-state index < -0.39 is 0 Å². The number of fused-ring (bicyclic) bond motifs is 1. The summed E-state index contributed by atoms with van der Waals surface area (Å²) in [5.41, 5.74) is 1.67. The number of amides is 1. The average molecular weight is 233 g/mol. The first-order valence-electron chi connectivity index (χ1n) is 5.45. The molecule has 0 spiro atoms. The van der Waals surface area contributed by atoms with Gasteiger partial charge in [0.15, 0.2) is 5.65 Å². The zero-order valence-electron chi connectivity index (χ0n) is 10.1. The van der Waals surface area contributed by atoms with Crippen molar-refractivity contribution in [2.24, 2.45) is 0 Å². The summed E-state index contributed by atoms with van der Waals surface area (Å²) < 4.78 is 1.62. The van der Waals surface area contributed by atoms with Crippen molar-refractivity contribution in [3.63, 3.8) is 0 Å². The lowest BCUT2D eigenvalue weighted by Crippen LogP contribution is -2.09. The van der Waals surface area contributed by atoms with Gasteiger partial charge in [0, 0.05) is 30.9 Å². The lowest BCUT2D eigenvalue weighted by Gasteiger charge is -2.08. The molecule has 6 nitrogen and oxygen atoms in total. The average Bonchev–Trinajstić information content (AvgIpc) is 2.56. The fourth-order valence-electron chi connectivity index (χ4n) is 1.52. The van der Waals surface area contributed by atoms with Crippen molar-refractivity contribution in [3.05, 3.63) is 18.3 Å². The van der Waals surface area contributed by atoms with Gasteiger partial charge in [-0.15, -0.1) is 5.10 Å². The molecule has 0 radical (unpaired) electrons. The van der Waals surface area contributed by atoms with E-state index in [4.69, 9.17) is 0 Å². The Morgan fingerprint density at radius 1 is 1.47 bits per heavy atom. The smallest absolute Gasteiger partial charge is 0.249 e. The molecule has 0 saturated heterocycles. The minimum Gasteiger partial charge on any atom is -0.383 e. The van der Waals surface area contributed by atoms with Gasteiger partial charge in [-0.1, -0.05) is 0 Å². The summed E-state index contributed by atoms with van der Waals surface area (Å²) in [7, 11) is 0. The Balaban J connectivity index is 2.30.